The first-order valence-electron chi connectivity index (χ1n) is 8.08. The van der Waals surface area contributed by atoms with E-state index in [4.69, 9.17) is 14.2 Å². The molecule has 134 valence electrons. The quantitative estimate of drug-likeness (QED) is 0.489. The fraction of sp³-hybridized carbons (Fsp3) is 0.588. The number of esters is 1. The normalized spacial score (nSPS) is 30.1. The third-order valence-corrected chi connectivity index (χ3v) is 3.88. The van der Waals surface area contributed by atoms with Crippen molar-refractivity contribution in [1.82, 2.24) is 0 Å². The fourth-order valence-electron chi connectivity index (χ4n) is 2.50. The van der Waals surface area contributed by atoms with Crippen LogP contribution >= 0.6 is 0 Å². The average molecular weight is 340 g/mol. The number of aliphatic hydroxyl groups is 3. The van der Waals surface area contributed by atoms with Gasteiger partial charge in [-0.05, 0) is 18.6 Å². The van der Waals surface area contributed by atoms with Crippen LogP contribution in [0.25, 0.3) is 0 Å². The van der Waals surface area contributed by atoms with Gasteiger partial charge in [0.05, 0.1) is 12.2 Å². The third kappa shape index (κ3) is 4.52. The average Bonchev–Trinajstić information content (AvgIpc) is 2.60. The zero-order valence-electron chi connectivity index (χ0n) is 13.6. The molecule has 1 aliphatic heterocycles. The molecule has 0 radical (unpaired) electrons. The Morgan fingerprint density at radius 1 is 1.21 bits per heavy atom. The summed E-state index contributed by atoms with van der Waals surface area (Å²) in [5, 5.41) is 29.7. The van der Waals surface area contributed by atoms with Gasteiger partial charge in [-0.25, -0.2) is 4.79 Å². The number of hydrogen-bond acceptors (Lipinski definition) is 7. The Morgan fingerprint density at radius 2 is 1.92 bits per heavy atom. The minimum Gasteiger partial charge on any atom is -0.450 e. The Labute approximate surface area is 140 Å². The van der Waals surface area contributed by atoms with E-state index < -0.39 is 43.3 Å². The van der Waals surface area contributed by atoms with Crippen LogP contribution in [0, 0.1) is 0 Å². The molecule has 1 fully saturated rings. The molecule has 1 heterocycles. The Balaban J connectivity index is 2.11. The topological polar surface area (TPSA) is 105 Å². The molecule has 3 N–H and O–H groups in total. The van der Waals surface area contributed by atoms with Gasteiger partial charge in [-0.3, -0.25) is 0 Å². The van der Waals surface area contributed by atoms with Crippen molar-refractivity contribution in [3.63, 3.8) is 0 Å². The van der Waals surface area contributed by atoms with E-state index in [0.717, 1.165) is 12.8 Å². The summed E-state index contributed by atoms with van der Waals surface area (Å²) in [5.74, 6) is -0.651. The van der Waals surface area contributed by atoms with Crippen molar-refractivity contribution < 1.29 is 34.3 Å². The maximum absolute atomic E-state index is 12.2. The first-order chi connectivity index (χ1) is 11.6. The second-order valence-electron chi connectivity index (χ2n) is 5.66. The molecule has 0 bridgehead atoms. The summed E-state index contributed by atoms with van der Waals surface area (Å²) >= 11 is 0. The minimum absolute atomic E-state index is 0.316. The first-order valence-corrected chi connectivity index (χ1v) is 8.08. The molecule has 0 amide bonds. The van der Waals surface area contributed by atoms with Crippen molar-refractivity contribution in [1.29, 1.82) is 0 Å². The lowest BCUT2D eigenvalue weighted by Gasteiger charge is -2.41. The van der Waals surface area contributed by atoms with Gasteiger partial charge < -0.3 is 29.5 Å². The SMILES string of the molecule is CCCCOC1C(OC(=O)c2ccccc2)[C@H](O)OC(CO)[C@H]1O. The molecule has 0 aromatic heterocycles. The summed E-state index contributed by atoms with van der Waals surface area (Å²) in [6.45, 7) is 1.84. The molecule has 1 aromatic rings. The lowest BCUT2D eigenvalue weighted by molar-refractivity contribution is -0.293. The van der Waals surface area contributed by atoms with Crippen LogP contribution in [0.3, 0.4) is 0 Å². The Hall–Kier alpha value is -1.51. The molecule has 5 atom stereocenters. The predicted molar refractivity (Wildman–Crippen MR) is 84.3 cm³/mol. The van der Waals surface area contributed by atoms with Gasteiger partial charge in [0.2, 0.25) is 0 Å². The number of hydrogen-bond donors (Lipinski definition) is 3. The van der Waals surface area contributed by atoms with Crippen LogP contribution in [-0.4, -0.2) is 65.2 Å². The van der Waals surface area contributed by atoms with E-state index in [0.29, 0.717) is 12.2 Å². The fourth-order valence-corrected chi connectivity index (χ4v) is 2.50. The lowest BCUT2D eigenvalue weighted by Crippen LogP contribution is -2.60. The third-order valence-electron chi connectivity index (χ3n) is 3.88. The van der Waals surface area contributed by atoms with Gasteiger partial charge in [0.1, 0.15) is 18.3 Å². The molecule has 3 unspecified atom stereocenters. The zero-order valence-corrected chi connectivity index (χ0v) is 13.6. The van der Waals surface area contributed by atoms with E-state index in [9.17, 15) is 20.1 Å². The Kier molecular flexibility index (Phi) is 7.14. The summed E-state index contributed by atoms with van der Waals surface area (Å²) in [4.78, 5) is 12.2. The van der Waals surface area contributed by atoms with Crippen molar-refractivity contribution in [2.45, 2.75) is 50.5 Å². The number of benzene rings is 1. The minimum atomic E-state index is -1.50. The molecule has 0 saturated carbocycles. The van der Waals surface area contributed by atoms with Crippen molar-refractivity contribution in [3.8, 4) is 0 Å². The number of carbonyl (C=O) groups excluding carboxylic acids is 1. The van der Waals surface area contributed by atoms with Gasteiger partial charge in [0.15, 0.2) is 12.4 Å². The standard InChI is InChI=1S/C17H24O7/c1-2-3-9-22-14-13(19)12(10-18)23-17(21)15(14)24-16(20)11-7-5-4-6-8-11/h4-8,12-15,17-19,21H,2-3,9-10H2,1H3/t12?,13-,14?,15?,17-/m1/s1. The molecule has 24 heavy (non-hydrogen) atoms. The van der Waals surface area contributed by atoms with Crippen molar-refractivity contribution in [2.24, 2.45) is 0 Å². The van der Waals surface area contributed by atoms with Crippen molar-refractivity contribution >= 4 is 5.97 Å². The number of ether oxygens (including phenoxy) is 3. The molecule has 0 aliphatic carbocycles. The highest BCUT2D eigenvalue weighted by atomic mass is 16.7. The van der Waals surface area contributed by atoms with Crippen LogP contribution in [0.5, 0.6) is 0 Å². The molecular weight excluding hydrogens is 316 g/mol. The van der Waals surface area contributed by atoms with Gasteiger partial charge in [0.25, 0.3) is 0 Å². The Bertz CT molecular complexity index is 507. The molecule has 1 aromatic carbocycles. The first kappa shape index (κ1) is 18.8. The van der Waals surface area contributed by atoms with Gasteiger partial charge in [0, 0.05) is 6.61 Å². The highest BCUT2D eigenvalue weighted by Crippen LogP contribution is 2.26. The summed E-state index contributed by atoms with van der Waals surface area (Å²) in [6.07, 6.45) is -4.24. The second kappa shape index (κ2) is 9.10. The summed E-state index contributed by atoms with van der Waals surface area (Å²) in [7, 11) is 0. The summed E-state index contributed by atoms with van der Waals surface area (Å²) in [5.41, 5.74) is 0.316. The summed E-state index contributed by atoms with van der Waals surface area (Å²) < 4.78 is 16.1. The van der Waals surface area contributed by atoms with Gasteiger partial charge in [-0.1, -0.05) is 31.5 Å². The van der Waals surface area contributed by atoms with E-state index in [-0.39, 0.29) is 0 Å². The van der Waals surface area contributed by atoms with Crippen LogP contribution in [0.15, 0.2) is 30.3 Å². The molecule has 0 spiro atoms. The predicted octanol–water partition coefficient (Wildman–Crippen LogP) is 0.468. The van der Waals surface area contributed by atoms with E-state index in [2.05, 4.69) is 0 Å². The Morgan fingerprint density at radius 3 is 2.54 bits per heavy atom. The number of carbonyl (C=O) groups is 1. The molecule has 2 rings (SSSR count). The number of unbranched alkanes of at least 4 members (excludes halogenated alkanes) is 1. The van der Waals surface area contributed by atoms with E-state index in [1.165, 1.54) is 0 Å². The van der Waals surface area contributed by atoms with E-state index in [1.807, 2.05) is 6.92 Å². The van der Waals surface area contributed by atoms with E-state index in [1.54, 1.807) is 30.3 Å². The molecular formula is C17H24O7. The van der Waals surface area contributed by atoms with Gasteiger partial charge in [-0.2, -0.15) is 0 Å². The smallest absolute Gasteiger partial charge is 0.338 e. The second-order valence-corrected chi connectivity index (χ2v) is 5.66. The van der Waals surface area contributed by atoms with Crippen molar-refractivity contribution in [2.75, 3.05) is 13.2 Å². The zero-order chi connectivity index (χ0) is 17.5. The number of aliphatic hydroxyl groups excluding tert-OH is 3. The van der Waals surface area contributed by atoms with Crippen molar-refractivity contribution in [3.05, 3.63) is 35.9 Å². The molecule has 7 nitrogen and oxygen atoms in total. The van der Waals surface area contributed by atoms with Crippen LogP contribution < -0.4 is 0 Å². The molecule has 1 aliphatic rings. The molecule has 7 heteroatoms. The molecule has 1 saturated heterocycles. The maximum Gasteiger partial charge on any atom is 0.338 e. The van der Waals surface area contributed by atoms with Crippen LogP contribution in [-0.2, 0) is 14.2 Å². The van der Waals surface area contributed by atoms with Crippen LogP contribution in [0.1, 0.15) is 30.1 Å². The maximum atomic E-state index is 12.2. The van der Waals surface area contributed by atoms with Gasteiger partial charge in [-0.15, -0.1) is 0 Å². The number of rotatable bonds is 7. The lowest BCUT2D eigenvalue weighted by atomic mass is 9.98. The monoisotopic (exact) mass is 340 g/mol. The highest BCUT2D eigenvalue weighted by molar-refractivity contribution is 5.89. The van der Waals surface area contributed by atoms with Crippen LogP contribution in [0.4, 0.5) is 0 Å². The summed E-state index contributed by atoms with van der Waals surface area (Å²) in [6, 6.07) is 8.31. The van der Waals surface area contributed by atoms with Crippen LogP contribution in [0.2, 0.25) is 0 Å². The highest BCUT2D eigenvalue weighted by Gasteiger charge is 2.47. The largest absolute Gasteiger partial charge is 0.450 e. The van der Waals surface area contributed by atoms with E-state index >= 15 is 0 Å². The van der Waals surface area contributed by atoms with Gasteiger partial charge >= 0.3 is 5.97 Å².